The molecule has 0 aliphatic heterocycles. The van der Waals surface area contributed by atoms with Gasteiger partial charge in [-0.25, -0.2) is 0 Å². The third-order valence-corrected chi connectivity index (χ3v) is 3.15. The van der Waals surface area contributed by atoms with Crippen molar-refractivity contribution in [3.05, 3.63) is 34.9 Å². The fraction of sp³-hybridized carbons (Fsp3) is 0.467. The van der Waals surface area contributed by atoms with Crippen molar-refractivity contribution in [1.82, 2.24) is 4.90 Å². The molecule has 0 heterocycles. The summed E-state index contributed by atoms with van der Waals surface area (Å²) in [6.45, 7) is 6.49. The van der Waals surface area contributed by atoms with Crippen LogP contribution >= 0.6 is 0 Å². The number of nitriles is 1. The lowest BCUT2D eigenvalue weighted by atomic mass is 10.0. The predicted octanol–water partition coefficient (Wildman–Crippen LogP) is 2.81. The zero-order valence-electron chi connectivity index (χ0n) is 11.5. The van der Waals surface area contributed by atoms with E-state index in [-0.39, 0.29) is 5.91 Å². The molecule has 0 bridgehead atoms. The largest absolute Gasteiger partial charge is 0.340 e. The van der Waals surface area contributed by atoms with Gasteiger partial charge in [0.15, 0.2) is 0 Å². The van der Waals surface area contributed by atoms with Crippen LogP contribution in [0, 0.1) is 31.1 Å². The number of aryl methyl sites for hydroxylation is 2. The van der Waals surface area contributed by atoms with Crippen LogP contribution in [-0.4, -0.2) is 17.9 Å². The smallest absolute Gasteiger partial charge is 0.239 e. The zero-order chi connectivity index (χ0) is 13.7. The number of amides is 1. The van der Waals surface area contributed by atoms with Gasteiger partial charge in [0.25, 0.3) is 0 Å². The first-order chi connectivity index (χ1) is 8.49. The van der Waals surface area contributed by atoms with Gasteiger partial charge >= 0.3 is 0 Å². The SMILES string of the molecule is CCC(C#N)C(=O)N(C)Cc1cc(C)ccc1C. The molecule has 0 aliphatic rings. The first-order valence-corrected chi connectivity index (χ1v) is 6.20. The molecule has 3 heteroatoms. The number of hydrogen-bond acceptors (Lipinski definition) is 2. The third kappa shape index (κ3) is 3.33. The average Bonchev–Trinajstić information content (AvgIpc) is 2.35. The van der Waals surface area contributed by atoms with E-state index >= 15 is 0 Å². The first-order valence-electron chi connectivity index (χ1n) is 6.20. The highest BCUT2D eigenvalue weighted by atomic mass is 16.2. The Kier molecular flexibility index (Phi) is 4.91. The molecule has 0 N–H and O–H groups in total. The summed E-state index contributed by atoms with van der Waals surface area (Å²) in [7, 11) is 1.75. The van der Waals surface area contributed by atoms with E-state index in [4.69, 9.17) is 5.26 Å². The molecule has 0 spiro atoms. The summed E-state index contributed by atoms with van der Waals surface area (Å²) >= 11 is 0. The minimum atomic E-state index is -0.528. The highest BCUT2D eigenvalue weighted by Crippen LogP contribution is 2.14. The van der Waals surface area contributed by atoms with Crippen molar-refractivity contribution in [2.24, 2.45) is 5.92 Å². The maximum absolute atomic E-state index is 12.0. The van der Waals surface area contributed by atoms with Gasteiger partial charge < -0.3 is 4.90 Å². The van der Waals surface area contributed by atoms with Crippen LogP contribution in [0.3, 0.4) is 0 Å². The molecule has 0 saturated heterocycles. The van der Waals surface area contributed by atoms with E-state index in [9.17, 15) is 4.79 Å². The van der Waals surface area contributed by atoms with Crippen LogP contribution in [0.2, 0.25) is 0 Å². The highest BCUT2D eigenvalue weighted by Gasteiger charge is 2.20. The van der Waals surface area contributed by atoms with Crippen LogP contribution in [-0.2, 0) is 11.3 Å². The van der Waals surface area contributed by atoms with Crippen molar-refractivity contribution >= 4 is 5.91 Å². The predicted molar refractivity (Wildman–Crippen MR) is 71.8 cm³/mol. The lowest BCUT2D eigenvalue weighted by Gasteiger charge is -2.20. The fourth-order valence-electron chi connectivity index (χ4n) is 1.89. The Bertz CT molecular complexity index is 474. The van der Waals surface area contributed by atoms with E-state index in [0.29, 0.717) is 13.0 Å². The van der Waals surface area contributed by atoms with Gasteiger partial charge in [0.2, 0.25) is 5.91 Å². The summed E-state index contributed by atoms with van der Waals surface area (Å²) in [6, 6.07) is 8.26. The second-order valence-corrected chi connectivity index (χ2v) is 4.71. The van der Waals surface area contributed by atoms with Gasteiger partial charge in [0, 0.05) is 13.6 Å². The van der Waals surface area contributed by atoms with Crippen molar-refractivity contribution in [2.75, 3.05) is 7.05 Å². The summed E-state index contributed by atoms with van der Waals surface area (Å²) in [6.07, 6.45) is 0.562. The van der Waals surface area contributed by atoms with Crippen LogP contribution in [0.1, 0.15) is 30.0 Å². The lowest BCUT2D eigenvalue weighted by Crippen LogP contribution is -2.31. The van der Waals surface area contributed by atoms with Crippen LogP contribution in [0.5, 0.6) is 0 Å². The second-order valence-electron chi connectivity index (χ2n) is 4.71. The molecule has 1 aromatic carbocycles. The van der Waals surface area contributed by atoms with Gasteiger partial charge in [-0.2, -0.15) is 5.26 Å². The number of hydrogen-bond donors (Lipinski definition) is 0. The Morgan fingerprint density at radius 3 is 2.67 bits per heavy atom. The third-order valence-electron chi connectivity index (χ3n) is 3.15. The quantitative estimate of drug-likeness (QED) is 0.817. The monoisotopic (exact) mass is 244 g/mol. The van der Waals surface area contributed by atoms with E-state index in [2.05, 4.69) is 24.3 Å². The van der Waals surface area contributed by atoms with Crippen molar-refractivity contribution < 1.29 is 4.79 Å². The van der Waals surface area contributed by atoms with Gasteiger partial charge in [-0.1, -0.05) is 30.7 Å². The highest BCUT2D eigenvalue weighted by molar-refractivity contribution is 5.80. The van der Waals surface area contributed by atoms with Crippen molar-refractivity contribution in [2.45, 2.75) is 33.7 Å². The van der Waals surface area contributed by atoms with Gasteiger partial charge in [-0.15, -0.1) is 0 Å². The molecule has 0 aliphatic carbocycles. The van der Waals surface area contributed by atoms with E-state index < -0.39 is 5.92 Å². The second kappa shape index (κ2) is 6.20. The number of carbonyl (C=O) groups is 1. The van der Waals surface area contributed by atoms with Crippen LogP contribution in [0.4, 0.5) is 0 Å². The maximum Gasteiger partial charge on any atom is 0.239 e. The molecule has 3 nitrogen and oxygen atoms in total. The Morgan fingerprint density at radius 2 is 2.11 bits per heavy atom. The molecule has 0 aromatic heterocycles. The Balaban J connectivity index is 2.81. The molecular formula is C15H20N2O. The standard InChI is InChI=1S/C15H20N2O/c1-5-13(9-16)15(18)17(4)10-14-8-11(2)6-7-12(14)3/h6-8,13H,5,10H2,1-4H3. The minimum Gasteiger partial charge on any atom is -0.340 e. The van der Waals surface area contributed by atoms with Crippen LogP contribution in [0.25, 0.3) is 0 Å². The maximum atomic E-state index is 12.0. The molecule has 1 atom stereocenters. The first kappa shape index (κ1) is 14.2. The molecule has 1 aromatic rings. The average molecular weight is 244 g/mol. The van der Waals surface area contributed by atoms with E-state index in [1.807, 2.05) is 20.8 Å². The Labute approximate surface area is 109 Å². The molecule has 0 fully saturated rings. The van der Waals surface area contributed by atoms with Gasteiger partial charge in [0.05, 0.1) is 6.07 Å². The number of rotatable bonds is 4. The van der Waals surface area contributed by atoms with Crippen molar-refractivity contribution in [1.29, 1.82) is 5.26 Å². The molecule has 0 saturated carbocycles. The summed E-state index contributed by atoms with van der Waals surface area (Å²) in [4.78, 5) is 13.6. The Hall–Kier alpha value is -1.82. The van der Waals surface area contributed by atoms with Gasteiger partial charge in [-0.3, -0.25) is 4.79 Å². The fourth-order valence-corrected chi connectivity index (χ4v) is 1.89. The van der Waals surface area contributed by atoms with Gasteiger partial charge in [-0.05, 0) is 31.4 Å². The van der Waals surface area contributed by atoms with Gasteiger partial charge in [0.1, 0.15) is 5.92 Å². The molecule has 0 radical (unpaired) electrons. The number of nitrogens with zero attached hydrogens (tertiary/aromatic N) is 2. The summed E-state index contributed by atoms with van der Waals surface area (Å²) in [5, 5.41) is 8.91. The topological polar surface area (TPSA) is 44.1 Å². The van der Waals surface area contributed by atoms with E-state index in [1.165, 1.54) is 11.1 Å². The van der Waals surface area contributed by atoms with Crippen LogP contribution < -0.4 is 0 Å². The van der Waals surface area contributed by atoms with Crippen molar-refractivity contribution in [3.8, 4) is 6.07 Å². The van der Waals surface area contributed by atoms with Crippen LogP contribution in [0.15, 0.2) is 18.2 Å². The summed E-state index contributed by atoms with van der Waals surface area (Å²) in [5.41, 5.74) is 3.49. The van der Waals surface area contributed by atoms with E-state index in [1.54, 1.807) is 11.9 Å². The number of benzene rings is 1. The molecule has 18 heavy (non-hydrogen) atoms. The normalized spacial score (nSPS) is 11.7. The number of carbonyl (C=O) groups excluding carboxylic acids is 1. The Morgan fingerprint density at radius 1 is 1.44 bits per heavy atom. The molecule has 1 amide bonds. The van der Waals surface area contributed by atoms with Crippen molar-refractivity contribution in [3.63, 3.8) is 0 Å². The zero-order valence-corrected chi connectivity index (χ0v) is 11.5. The summed E-state index contributed by atoms with van der Waals surface area (Å²) in [5.74, 6) is -0.624. The minimum absolute atomic E-state index is 0.0964. The molecule has 1 unspecified atom stereocenters. The molecular weight excluding hydrogens is 224 g/mol. The molecule has 96 valence electrons. The lowest BCUT2D eigenvalue weighted by molar-refractivity contribution is -0.133. The van der Waals surface area contributed by atoms with E-state index in [0.717, 1.165) is 5.56 Å². The molecule has 1 rings (SSSR count). The summed E-state index contributed by atoms with van der Waals surface area (Å²) < 4.78 is 0.